The first kappa shape index (κ1) is 21.8. The first-order valence-electron chi connectivity index (χ1n) is 9.85. The minimum absolute atomic E-state index is 0.108. The van der Waals surface area contributed by atoms with Crippen molar-refractivity contribution < 1.29 is 14.3 Å². The molecule has 2 aromatic rings. The number of aliphatic hydroxyl groups is 1. The first-order chi connectivity index (χ1) is 13.5. The molecule has 0 aromatic carbocycles. The van der Waals surface area contributed by atoms with Gasteiger partial charge in [0.2, 0.25) is 0 Å². The number of nitrogens with zero attached hydrogens (tertiary/aromatic N) is 6. The summed E-state index contributed by atoms with van der Waals surface area (Å²) in [6, 6.07) is 0. The van der Waals surface area contributed by atoms with E-state index in [1.54, 1.807) is 12.7 Å². The molecule has 1 saturated heterocycles. The van der Waals surface area contributed by atoms with E-state index >= 15 is 0 Å². The third-order valence-corrected chi connectivity index (χ3v) is 10.2. The van der Waals surface area contributed by atoms with Crippen LogP contribution >= 0.6 is 0 Å². The number of aliphatic imine (C=N–C) groups is 1. The van der Waals surface area contributed by atoms with E-state index < -0.39 is 14.4 Å². The van der Waals surface area contributed by atoms with Gasteiger partial charge in [0.05, 0.1) is 25.4 Å². The van der Waals surface area contributed by atoms with Crippen LogP contribution in [0.5, 0.6) is 0 Å². The Morgan fingerprint density at radius 1 is 1.34 bits per heavy atom. The second-order valence-corrected chi connectivity index (χ2v) is 14.0. The molecule has 1 unspecified atom stereocenters. The molecule has 3 heterocycles. The number of aromatic nitrogens is 4. The molecule has 0 saturated carbocycles. The van der Waals surface area contributed by atoms with E-state index in [0.717, 1.165) is 0 Å². The van der Waals surface area contributed by atoms with Crippen molar-refractivity contribution in [2.24, 2.45) is 4.99 Å². The van der Waals surface area contributed by atoms with E-state index in [0.29, 0.717) is 30.0 Å². The van der Waals surface area contributed by atoms with Crippen LogP contribution in [0.25, 0.3) is 11.2 Å². The standard InChI is InChI=1S/C19H32N6O3Si/c1-19(2,3)29(6,7)27-9-14-13(26)8-15(28-14)25-12-22-16-17(23-11-24(4)5)20-10-21-18(16)25/h10-15,26H,8-9H2,1-7H3/t13?,14-,15-/m1/s1. The minimum Gasteiger partial charge on any atom is -0.414 e. The molecule has 0 spiro atoms. The molecule has 1 aliphatic heterocycles. The zero-order valence-electron chi connectivity index (χ0n) is 18.3. The average Bonchev–Trinajstić information content (AvgIpc) is 3.20. The molecule has 9 nitrogen and oxygen atoms in total. The van der Waals surface area contributed by atoms with Crippen molar-refractivity contribution in [3.05, 3.63) is 12.7 Å². The van der Waals surface area contributed by atoms with Crippen molar-refractivity contribution in [1.82, 2.24) is 24.4 Å². The lowest BCUT2D eigenvalue weighted by Crippen LogP contribution is -2.43. The van der Waals surface area contributed by atoms with Crippen LogP contribution in [0.1, 0.15) is 33.4 Å². The van der Waals surface area contributed by atoms with Crippen LogP contribution in [0, 0.1) is 0 Å². The van der Waals surface area contributed by atoms with Crippen LogP contribution in [0.2, 0.25) is 18.1 Å². The molecule has 1 N–H and O–H groups in total. The van der Waals surface area contributed by atoms with Crippen molar-refractivity contribution in [3.8, 4) is 0 Å². The molecule has 160 valence electrons. The van der Waals surface area contributed by atoms with Gasteiger partial charge in [-0.3, -0.25) is 4.57 Å². The van der Waals surface area contributed by atoms with Crippen LogP contribution < -0.4 is 0 Å². The predicted octanol–water partition coefficient (Wildman–Crippen LogP) is 2.72. The summed E-state index contributed by atoms with van der Waals surface area (Å²) in [4.78, 5) is 19.2. The van der Waals surface area contributed by atoms with Gasteiger partial charge in [0.15, 0.2) is 25.3 Å². The molecule has 3 atom stereocenters. The number of ether oxygens (including phenoxy) is 1. The van der Waals surface area contributed by atoms with Gasteiger partial charge in [0.25, 0.3) is 0 Å². The van der Waals surface area contributed by atoms with Gasteiger partial charge in [-0.25, -0.2) is 19.9 Å². The van der Waals surface area contributed by atoms with Gasteiger partial charge >= 0.3 is 0 Å². The molecule has 0 bridgehead atoms. The van der Waals surface area contributed by atoms with E-state index in [1.807, 2.05) is 23.6 Å². The molecule has 29 heavy (non-hydrogen) atoms. The summed E-state index contributed by atoms with van der Waals surface area (Å²) in [5.74, 6) is 0.499. The Balaban J connectivity index is 1.76. The zero-order chi connectivity index (χ0) is 21.4. The lowest BCUT2D eigenvalue weighted by molar-refractivity contribution is -0.0405. The first-order valence-corrected chi connectivity index (χ1v) is 12.8. The quantitative estimate of drug-likeness (QED) is 0.436. The Bertz CT molecular complexity index is 876. The van der Waals surface area contributed by atoms with Crippen molar-refractivity contribution in [2.45, 2.75) is 63.8 Å². The van der Waals surface area contributed by atoms with Gasteiger partial charge in [0.1, 0.15) is 18.7 Å². The summed E-state index contributed by atoms with van der Waals surface area (Å²) in [5.41, 5.74) is 1.23. The Morgan fingerprint density at radius 3 is 2.72 bits per heavy atom. The molecular weight excluding hydrogens is 388 g/mol. The number of hydrogen-bond acceptors (Lipinski definition) is 7. The Hall–Kier alpha value is -1.88. The fraction of sp³-hybridized carbons (Fsp3) is 0.684. The number of aliphatic hydroxyl groups excluding tert-OH is 1. The van der Waals surface area contributed by atoms with Crippen LogP contribution in [0.4, 0.5) is 5.82 Å². The summed E-state index contributed by atoms with van der Waals surface area (Å²) >= 11 is 0. The van der Waals surface area contributed by atoms with Gasteiger partial charge in [-0.05, 0) is 18.1 Å². The van der Waals surface area contributed by atoms with Crippen molar-refractivity contribution in [1.29, 1.82) is 0 Å². The van der Waals surface area contributed by atoms with Gasteiger partial charge in [0, 0.05) is 20.5 Å². The molecule has 1 aliphatic rings. The second-order valence-electron chi connectivity index (χ2n) is 9.23. The van der Waals surface area contributed by atoms with Gasteiger partial charge < -0.3 is 19.2 Å². The highest BCUT2D eigenvalue weighted by Gasteiger charge is 2.41. The number of rotatable bonds is 6. The fourth-order valence-corrected chi connectivity index (χ4v) is 3.87. The maximum absolute atomic E-state index is 10.5. The minimum atomic E-state index is -1.91. The molecule has 1 fully saturated rings. The highest BCUT2D eigenvalue weighted by atomic mass is 28.4. The van der Waals surface area contributed by atoms with E-state index in [-0.39, 0.29) is 17.4 Å². The maximum Gasteiger partial charge on any atom is 0.192 e. The molecule has 2 aromatic heterocycles. The van der Waals surface area contributed by atoms with Crippen molar-refractivity contribution in [3.63, 3.8) is 0 Å². The summed E-state index contributed by atoms with van der Waals surface area (Å²) in [6.07, 6.45) is 3.93. The SMILES string of the molecule is CN(C)C=Nc1ncnc2c1ncn2[C@H]1CC(O)[C@@H](CO[Si](C)(C)C(C)(C)C)O1. The zero-order valence-corrected chi connectivity index (χ0v) is 19.3. The highest BCUT2D eigenvalue weighted by Crippen LogP contribution is 2.38. The van der Waals surface area contributed by atoms with Crippen LogP contribution in [-0.4, -0.2) is 77.1 Å². The summed E-state index contributed by atoms with van der Waals surface area (Å²) in [7, 11) is 1.87. The normalized spacial score (nSPS) is 23.4. The van der Waals surface area contributed by atoms with Gasteiger partial charge in [-0.15, -0.1) is 0 Å². The number of hydrogen-bond donors (Lipinski definition) is 1. The van der Waals surface area contributed by atoms with Crippen LogP contribution in [0.15, 0.2) is 17.6 Å². The lowest BCUT2D eigenvalue weighted by atomic mass is 10.2. The summed E-state index contributed by atoms with van der Waals surface area (Å²) in [6.45, 7) is 11.4. The van der Waals surface area contributed by atoms with E-state index in [2.05, 4.69) is 53.8 Å². The molecule has 3 rings (SSSR count). The Morgan fingerprint density at radius 2 is 2.07 bits per heavy atom. The van der Waals surface area contributed by atoms with Gasteiger partial charge in [-0.2, -0.15) is 0 Å². The maximum atomic E-state index is 10.5. The number of fused-ring (bicyclic) bond motifs is 1. The van der Waals surface area contributed by atoms with Crippen molar-refractivity contribution in [2.75, 3.05) is 20.7 Å². The molecule has 0 radical (unpaired) electrons. The predicted molar refractivity (Wildman–Crippen MR) is 115 cm³/mol. The van der Waals surface area contributed by atoms with Crippen molar-refractivity contribution >= 4 is 31.6 Å². The second kappa shape index (κ2) is 8.09. The fourth-order valence-electron chi connectivity index (χ4n) is 2.86. The van der Waals surface area contributed by atoms with Crippen LogP contribution in [0.3, 0.4) is 0 Å². The van der Waals surface area contributed by atoms with E-state index in [9.17, 15) is 5.11 Å². The monoisotopic (exact) mass is 420 g/mol. The smallest absolute Gasteiger partial charge is 0.192 e. The van der Waals surface area contributed by atoms with E-state index in [1.165, 1.54) is 6.33 Å². The largest absolute Gasteiger partial charge is 0.414 e. The third-order valence-electron chi connectivity index (χ3n) is 5.68. The summed E-state index contributed by atoms with van der Waals surface area (Å²) in [5, 5.41) is 10.7. The average molecular weight is 421 g/mol. The Labute approximate surface area is 172 Å². The highest BCUT2D eigenvalue weighted by molar-refractivity contribution is 6.74. The van der Waals surface area contributed by atoms with E-state index in [4.69, 9.17) is 9.16 Å². The van der Waals surface area contributed by atoms with Gasteiger partial charge in [-0.1, -0.05) is 20.8 Å². The number of imidazole rings is 1. The van der Waals surface area contributed by atoms with Crippen LogP contribution in [-0.2, 0) is 9.16 Å². The molecular formula is C19H32N6O3Si. The topological polar surface area (TPSA) is 97.9 Å². The molecule has 10 heteroatoms. The molecule has 0 amide bonds. The summed E-state index contributed by atoms with van der Waals surface area (Å²) < 4.78 is 14.2. The third kappa shape index (κ3) is 4.66. The molecule has 0 aliphatic carbocycles. The lowest BCUT2D eigenvalue weighted by Gasteiger charge is -2.37. The Kier molecular flexibility index (Phi) is 6.09.